The van der Waals surface area contributed by atoms with Crippen molar-refractivity contribution in [2.45, 2.75) is 20.0 Å². The van der Waals surface area contributed by atoms with Gasteiger partial charge >= 0.3 is 6.18 Å². The number of alkyl halides is 3. The van der Waals surface area contributed by atoms with Crippen molar-refractivity contribution in [3.63, 3.8) is 0 Å². The lowest BCUT2D eigenvalue weighted by Crippen LogP contribution is -2.33. The number of aryl methyl sites for hydroxylation is 2. The van der Waals surface area contributed by atoms with Crippen LogP contribution in [0.5, 0.6) is 0 Å². The minimum Gasteiger partial charge on any atom is -0.343 e. The molecular weight excluding hydrogens is 341 g/mol. The Labute approximate surface area is 140 Å². The molecule has 2 aromatic rings. The Morgan fingerprint density at radius 3 is 2.42 bits per heavy atom. The molecule has 128 valence electrons. The molecule has 0 saturated carbocycles. The maximum Gasteiger partial charge on any atom is 0.405 e. The summed E-state index contributed by atoms with van der Waals surface area (Å²) in [4.78, 5) is 25.8. The number of hydrogen-bond acceptors (Lipinski definition) is 3. The summed E-state index contributed by atoms with van der Waals surface area (Å²) in [5.74, 6) is -1.18. The molecule has 0 aliphatic carbocycles. The van der Waals surface area contributed by atoms with Gasteiger partial charge in [0.1, 0.15) is 6.54 Å². The van der Waals surface area contributed by atoms with E-state index in [1.165, 1.54) is 29.5 Å². The van der Waals surface area contributed by atoms with E-state index in [4.69, 9.17) is 0 Å². The van der Waals surface area contributed by atoms with Crippen LogP contribution in [0.4, 0.5) is 18.9 Å². The highest BCUT2D eigenvalue weighted by Gasteiger charge is 2.27. The van der Waals surface area contributed by atoms with E-state index < -0.39 is 18.6 Å². The zero-order chi connectivity index (χ0) is 17.9. The fraction of sp³-hybridized carbons (Fsp3) is 0.250. The predicted octanol–water partition coefficient (Wildman–Crippen LogP) is 3.91. The zero-order valence-corrected chi connectivity index (χ0v) is 13.8. The van der Waals surface area contributed by atoms with Crippen molar-refractivity contribution in [1.29, 1.82) is 0 Å². The van der Waals surface area contributed by atoms with Crippen molar-refractivity contribution >= 4 is 28.8 Å². The van der Waals surface area contributed by atoms with Gasteiger partial charge in [0.2, 0.25) is 0 Å². The molecular formula is C16H15F3N2O2S. The first-order valence-electron chi connectivity index (χ1n) is 6.99. The molecule has 0 radical (unpaired) electrons. The van der Waals surface area contributed by atoms with Gasteiger partial charge < -0.3 is 10.6 Å². The molecule has 0 atom stereocenters. The van der Waals surface area contributed by atoms with Crippen LogP contribution < -0.4 is 10.6 Å². The molecule has 1 heterocycles. The van der Waals surface area contributed by atoms with Crippen LogP contribution in [0.15, 0.2) is 30.3 Å². The summed E-state index contributed by atoms with van der Waals surface area (Å²) < 4.78 is 36.4. The Morgan fingerprint density at radius 1 is 1.12 bits per heavy atom. The third kappa shape index (κ3) is 4.82. The van der Waals surface area contributed by atoms with E-state index in [0.29, 0.717) is 11.3 Å². The molecule has 0 aliphatic rings. The number of nitrogens with one attached hydrogen (secondary N) is 2. The largest absolute Gasteiger partial charge is 0.405 e. The SMILES string of the molecule is Cc1cc(C(=O)Nc2cccc(C(=O)NCC(F)(F)F)c2)c(C)s1. The van der Waals surface area contributed by atoms with Gasteiger partial charge in [0.05, 0.1) is 5.56 Å². The van der Waals surface area contributed by atoms with E-state index >= 15 is 0 Å². The van der Waals surface area contributed by atoms with Crippen LogP contribution in [0.25, 0.3) is 0 Å². The first kappa shape index (κ1) is 18.0. The number of carbonyl (C=O) groups is 2. The molecule has 24 heavy (non-hydrogen) atoms. The average Bonchev–Trinajstić information content (AvgIpc) is 2.83. The van der Waals surface area contributed by atoms with Gasteiger partial charge in [0, 0.05) is 21.0 Å². The molecule has 0 aliphatic heterocycles. The summed E-state index contributed by atoms with van der Waals surface area (Å²) in [6, 6.07) is 7.52. The van der Waals surface area contributed by atoms with Crippen molar-refractivity contribution in [2.24, 2.45) is 0 Å². The molecule has 0 spiro atoms. The van der Waals surface area contributed by atoms with E-state index in [2.05, 4.69) is 5.32 Å². The minimum absolute atomic E-state index is 0.0373. The normalized spacial score (nSPS) is 11.2. The smallest absolute Gasteiger partial charge is 0.343 e. The van der Waals surface area contributed by atoms with Gasteiger partial charge in [-0.05, 0) is 38.1 Å². The highest BCUT2D eigenvalue weighted by Crippen LogP contribution is 2.22. The van der Waals surface area contributed by atoms with Crippen LogP contribution in [0, 0.1) is 13.8 Å². The van der Waals surface area contributed by atoms with Crippen molar-refractivity contribution in [1.82, 2.24) is 5.32 Å². The molecule has 8 heteroatoms. The highest BCUT2D eigenvalue weighted by atomic mass is 32.1. The van der Waals surface area contributed by atoms with Gasteiger partial charge in [-0.1, -0.05) is 6.07 Å². The lowest BCUT2D eigenvalue weighted by atomic mass is 10.1. The molecule has 0 saturated heterocycles. The Hall–Kier alpha value is -2.35. The van der Waals surface area contributed by atoms with Crippen molar-refractivity contribution in [3.8, 4) is 0 Å². The molecule has 0 unspecified atom stereocenters. The van der Waals surface area contributed by atoms with Crippen LogP contribution in [-0.4, -0.2) is 24.5 Å². The molecule has 1 aromatic heterocycles. The van der Waals surface area contributed by atoms with Crippen LogP contribution in [0.1, 0.15) is 30.5 Å². The summed E-state index contributed by atoms with van der Waals surface area (Å²) in [5.41, 5.74) is 0.905. The van der Waals surface area contributed by atoms with E-state index in [0.717, 1.165) is 9.75 Å². The predicted molar refractivity (Wildman–Crippen MR) is 86.6 cm³/mol. The van der Waals surface area contributed by atoms with Gasteiger partial charge in [-0.3, -0.25) is 9.59 Å². The molecule has 4 nitrogen and oxygen atoms in total. The minimum atomic E-state index is -4.48. The van der Waals surface area contributed by atoms with Crippen LogP contribution >= 0.6 is 11.3 Å². The van der Waals surface area contributed by atoms with Crippen LogP contribution in [0.2, 0.25) is 0 Å². The standard InChI is InChI=1S/C16H15F3N2O2S/c1-9-6-13(10(2)24-9)15(23)21-12-5-3-4-11(7-12)14(22)20-8-16(17,18)19/h3-7H,8H2,1-2H3,(H,20,22)(H,21,23). The van der Waals surface area contributed by atoms with Gasteiger partial charge in [0.25, 0.3) is 11.8 Å². The van der Waals surface area contributed by atoms with E-state index in [1.807, 2.05) is 13.8 Å². The molecule has 2 rings (SSSR count). The first-order valence-corrected chi connectivity index (χ1v) is 7.81. The van der Waals surface area contributed by atoms with Gasteiger partial charge in [-0.25, -0.2) is 0 Å². The Morgan fingerprint density at radius 2 is 1.83 bits per heavy atom. The van der Waals surface area contributed by atoms with Crippen molar-refractivity contribution in [2.75, 3.05) is 11.9 Å². The summed E-state index contributed by atoms with van der Waals surface area (Å²) in [6.07, 6.45) is -4.48. The number of rotatable bonds is 4. The molecule has 2 amide bonds. The molecule has 1 aromatic carbocycles. The number of benzene rings is 1. The average molecular weight is 356 g/mol. The van der Waals surface area contributed by atoms with E-state index in [1.54, 1.807) is 17.4 Å². The lowest BCUT2D eigenvalue weighted by Gasteiger charge is -2.10. The third-order valence-electron chi connectivity index (χ3n) is 3.12. The third-order valence-corrected chi connectivity index (χ3v) is 4.08. The second-order valence-corrected chi connectivity index (χ2v) is 6.62. The second kappa shape index (κ2) is 7.04. The number of thiophene rings is 1. The Balaban J connectivity index is 2.09. The fourth-order valence-corrected chi connectivity index (χ4v) is 3.00. The summed E-state index contributed by atoms with van der Waals surface area (Å²) in [7, 11) is 0. The maximum atomic E-state index is 12.2. The van der Waals surface area contributed by atoms with E-state index in [-0.39, 0.29) is 11.5 Å². The summed E-state index contributed by atoms with van der Waals surface area (Å²) >= 11 is 1.49. The summed E-state index contributed by atoms with van der Waals surface area (Å²) in [6.45, 7) is 2.31. The molecule has 0 fully saturated rings. The molecule has 0 bridgehead atoms. The maximum absolute atomic E-state index is 12.2. The van der Waals surface area contributed by atoms with Crippen LogP contribution in [0.3, 0.4) is 0 Å². The lowest BCUT2D eigenvalue weighted by molar-refractivity contribution is -0.123. The fourth-order valence-electron chi connectivity index (χ4n) is 2.08. The topological polar surface area (TPSA) is 58.2 Å². The second-order valence-electron chi connectivity index (χ2n) is 5.16. The molecule has 2 N–H and O–H groups in total. The van der Waals surface area contributed by atoms with Crippen molar-refractivity contribution < 1.29 is 22.8 Å². The van der Waals surface area contributed by atoms with Crippen molar-refractivity contribution in [3.05, 3.63) is 51.2 Å². The number of amides is 2. The van der Waals surface area contributed by atoms with Gasteiger partial charge in [-0.2, -0.15) is 13.2 Å². The first-order chi connectivity index (χ1) is 11.2. The zero-order valence-electron chi connectivity index (χ0n) is 13.0. The van der Waals surface area contributed by atoms with Gasteiger partial charge in [0.15, 0.2) is 0 Å². The number of halogens is 3. The summed E-state index contributed by atoms with van der Waals surface area (Å²) in [5, 5.41) is 4.43. The Kier molecular flexibility index (Phi) is 5.28. The monoisotopic (exact) mass is 356 g/mol. The quantitative estimate of drug-likeness (QED) is 0.873. The number of hydrogen-bond donors (Lipinski definition) is 2. The number of carbonyl (C=O) groups excluding carboxylic acids is 2. The van der Waals surface area contributed by atoms with E-state index in [9.17, 15) is 22.8 Å². The number of anilines is 1. The van der Waals surface area contributed by atoms with Crippen LogP contribution in [-0.2, 0) is 0 Å². The Bertz CT molecular complexity index is 769. The van der Waals surface area contributed by atoms with Gasteiger partial charge in [-0.15, -0.1) is 11.3 Å². The highest BCUT2D eigenvalue weighted by molar-refractivity contribution is 7.12.